The summed E-state index contributed by atoms with van der Waals surface area (Å²) >= 11 is 0. The molecule has 0 unspecified atom stereocenters. The van der Waals surface area contributed by atoms with Gasteiger partial charge < -0.3 is 14.0 Å². The van der Waals surface area contributed by atoms with Gasteiger partial charge in [0, 0.05) is 17.7 Å². The number of hydrogen-bond donors (Lipinski definition) is 0. The maximum Gasteiger partial charge on any atom is 0.150 e. The van der Waals surface area contributed by atoms with Crippen molar-refractivity contribution in [1.29, 1.82) is 0 Å². The fraction of sp³-hybridized carbons (Fsp3) is 0.121. The van der Waals surface area contributed by atoms with E-state index in [4.69, 9.17) is 9.47 Å². The van der Waals surface area contributed by atoms with Gasteiger partial charge in [-0.1, -0.05) is 84.9 Å². The van der Waals surface area contributed by atoms with Gasteiger partial charge in [0.2, 0.25) is 0 Å². The van der Waals surface area contributed by atoms with Crippen LogP contribution in [0, 0.1) is 0 Å². The van der Waals surface area contributed by atoms with Crippen LogP contribution in [0.4, 0.5) is 0 Å². The molecule has 4 aromatic carbocycles. The minimum atomic E-state index is -0.332. The van der Waals surface area contributed by atoms with Crippen LogP contribution in [0.3, 0.4) is 0 Å². The number of fused-ring (bicyclic) bond motifs is 1. The minimum absolute atomic E-state index is 0.219. The summed E-state index contributed by atoms with van der Waals surface area (Å²) in [6.07, 6.45) is 0.419. The fourth-order valence-corrected chi connectivity index (χ4v) is 5.54. The molecule has 1 aliphatic carbocycles. The summed E-state index contributed by atoms with van der Waals surface area (Å²) in [5.41, 5.74) is 8.08. The number of Topliss-reactive ketones (excluding diaryl/α,β-unsaturated/α-hetero) is 1. The molecule has 0 saturated heterocycles. The molecule has 0 saturated carbocycles. The lowest BCUT2D eigenvalue weighted by molar-refractivity contribution is -0.118. The highest BCUT2D eigenvalue weighted by Crippen LogP contribution is 2.46. The van der Waals surface area contributed by atoms with Crippen molar-refractivity contribution in [1.82, 2.24) is 4.57 Å². The van der Waals surface area contributed by atoms with Crippen molar-refractivity contribution < 1.29 is 14.3 Å². The highest BCUT2D eigenvalue weighted by Gasteiger charge is 2.37. The Morgan fingerprint density at radius 3 is 2.03 bits per heavy atom. The summed E-state index contributed by atoms with van der Waals surface area (Å²) in [6, 6.07) is 36.7. The highest BCUT2D eigenvalue weighted by molar-refractivity contribution is 5.97. The van der Waals surface area contributed by atoms with Gasteiger partial charge in [-0.15, -0.1) is 0 Å². The van der Waals surface area contributed by atoms with Crippen LogP contribution in [0.1, 0.15) is 22.7 Å². The minimum Gasteiger partial charge on any atom is -0.496 e. The Hall–Kier alpha value is -4.57. The van der Waals surface area contributed by atoms with E-state index >= 15 is 0 Å². The van der Waals surface area contributed by atoms with Gasteiger partial charge in [-0.3, -0.25) is 4.79 Å². The number of aromatic nitrogens is 1. The molecule has 4 heteroatoms. The van der Waals surface area contributed by atoms with Crippen molar-refractivity contribution >= 4 is 5.78 Å². The molecule has 0 amide bonds. The molecule has 1 heterocycles. The smallest absolute Gasteiger partial charge is 0.150 e. The largest absolute Gasteiger partial charge is 0.496 e. The van der Waals surface area contributed by atoms with Gasteiger partial charge in [0.1, 0.15) is 11.5 Å². The molecule has 1 aliphatic rings. The number of benzene rings is 4. The molecule has 0 spiro atoms. The van der Waals surface area contributed by atoms with E-state index in [1.807, 2.05) is 78.9 Å². The van der Waals surface area contributed by atoms with Crippen molar-refractivity contribution in [3.8, 4) is 39.6 Å². The standard InChI is InChI=1S/C33H27NO3/c1-36-29-18-11-19-30(37-2)32(29)25-16-9-10-17-26(25)34-27(22-12-5-3-6-13-22)20-24-21-28(35)31(33(24)34)23-14-7-4-8-15-23/h3-20,31H,21H2,1-2H3/t31-/m1/s1. The first-order valence-corrected chi connectivity index (χ1v) is 12.4. The number of para-hydroxylation sites is 1. The Morgan fingerprint density at radius 1 is 0.730 bits per heavy atom. The number of hydrogen-bond acceptors (Lipinski definition) is 3. The Kier molecular flexibility index (Phi) is 5.85. The van der Waals surface area contributed by atoms with E-state index in [0.29, 0.717) is 6.42 Å². The first kappa shape index (κ1) is 22.9. The third-order valence-corrected chi connectivity index (χ3v) is 7.13. The maximum atomic E-state index is 13.4. The number of nitrogens with zero attached hydrogens (tertiary/aromatic N) is 1. The van der Waals surface area contributed by atoms with Gasteiger partial charge in [0.05, 0.1) is 37.1 Å². The van der Waals surface area contributed by atoms with Gasteiger partial charge in [0.15, 0.2) is 5.78 Å². The number of ketones is 1. The van der Waals surface area contributed by atoms with E-state index in [9.17, 15) is 4.79 Å². The number of carbonyl (C=O) groups excluding carboxylic acids is 1. The molecule has 0 radical (unpaired) electrons. The molecular formula is C33H27NO3. The normalized spacial score (nSPS) is 14.4. The van der Waals surface area contributed by atoms with Crippen LogP contribution in [0.5, 0.6) is 11.5 Å². The van der Waals surface area contributed by atoms with E-state index in [-0.39, 0.29) is 11.7 Å². The quantitative estimate of drug-likeness (QED) is 0.258. The third kappa shape index (κ3) is 3.82. The Morgan fingerprint density at radius 2 is 1.35 bits per heavy atom. The van der Waals surface area contributed by atoms with Crippen molar-refractivity contribution in [2.24, 2.45) is 0 Å². The number of rotatable bonds is 6. The summed E-state index contributed by atoms with van der Waals surface area (Å²) in [5.74, 6) is 1.35. The predicted octanol–water partition coefficient (Wildman–Crippen LogP) is 7.09. The van der Waals surface area contributed by atoms with Crippen molar-refractivity contribution in [3.63, 3.8) is 0 Å². The number of ether oxygens (including phenoxy) is 2. The molecule has 0 fully saturated rings. The molecule has 4 nitrogen and oxygen atoms in total. The Balaban J connectivity index is 1.68. The van der Waals surface area contributed by atoms with E-state index < -0.39 is 0 Å². The van der Waals surface area contributed by atoms with Crippen molar-refractivity contribution in [3.05, 3.63) is 126 Å². The molecule has 182 valence electrons. The zero-order chi connectivity index (χ0) is 25.4. The van der Waals surface area contributed by atoms with Crippen molar-refractivity contribution in [2.75, 3.05) is 14.2 Å². The summed E-state index contributed by atoms with van der Waals surface area (Å²) in [4.78, 5) is 13.4. The monoisotopic (exact) mass is 485 g/mol. The SMILES string of the molecule is COc1cccc(OC)c1-c1ccccc1-n1c(-c2ccccc2)cc2c1[C@H](c1ccccc1)C(=O)C2. The first-order chi connectivity index (χ1) is 18.2. The van der Waals surface area contributed by atoms with Crippen LogP contribution >= 0.6 is 0 Å². The van der Waals surface area contributed by atoms with E-state index in [1.54, 1.807) is 14.2 Å². The highest BCUT2D eigenvalue weighted by atomic mass is 16.5. The molecule has 37 heavy (non-hydrogen) atoms. The number of carbonyl (C=O) groups is 1. The third-order valence-electron chi connectivity index (χ3n) is 7.13. The fourth-order valence-electron chi connectivity index (χ4n) is 5.54. The van der Waals surface area contributed by atoms with E-state index in [2.05, 4.69) is 34.9 Å². The second-order valence-electron chi connectivity index (χ2n) is 9.18. The first-order valence-electron chi connectivity index (χ1n) is 12.4. The van der Waals surface area contributed by atoms with Gasteiger partial charge in [-0.25, -0.2) is 0 Å². The molecule has 0 aliphatic heterocycles. The average molecular weight is 486 g/mol. The number of methoxy groups -OCH3 is 2. The van der Waals surface area contributed by atoms with Gasteiger partial charge in [-0.05, 0) is 41.0 Å². The summed E-state index contributed by atoms with van der Waals surface area (Å²) in [5, 5.41) is 0. The lowest BCUT2D eigenvalue weighted by Gasteiger charge is -2.22. The van der Waals surface area contributed by atoms with Gasteiger partial charge >= 0.3 is 0 Å². The Labute approximate surface area is 216 Å². The van der Waals surface area contributed by atoms with Gasteiger partial charge in [-0.2, -0.15) is 0 Å². The lowest BCUT2D eigenvalue weighted by atomic mass is 9.95. The molecular weight excluding hydrogens is 458 g/mol. The predicted molar refractivity (Wildman–Crippen MR) is 147 cm³/mol. The van der Waals surface area contributed by atoms with Crippen LogP contribution in [0.25, 0.3) is 28.1 Å². The summed E-state index contributed by atoms with van der Waals surface area (Å²) in [7, 11) is 3.35. The second-order valence-corrected chi connectivity index (χ2v) is 9.18. The molecule has 0 N–H and O–H groups in total. The molecule has 1 atom stereocenters. The topological polar surface area (TPSA) is 40.5 Å². The summed E-state index contributed by atoms with van der Waals surface area (Å²) in [6.45, 7) is 0. The molecule has 5 aromatic rings. The van der Waals surface area contributed by atoms with Crippen LogP contribution in [-0.4, -0.2) is 24.6 Å². The average Bonchev–Trinajstić information content (AvgIpc) is 3.47. The lowest BCUT2D eigenvalue weighted by Crippen LogP contribution is -2.14. The molecule has 0 bridgehead atoms. The molecule has 1 aromatic heterocycles. The Bertz CT molecular complexity index is 1560. The van der Waals surface area contributed by atoms with Gasteiger partial charge in [0.25, 0.3) is 0 Å². The van der Waals surface area contributed by atoms with Crippen LogP contribution in [0.15, 0.2) is 109 Å². The van der Waals surface area contributed by atoms with E-state index in [0.717, 1.165) is 56.4 Å². The van der Waals surface area contributed by atoms with Crippen LogP contribution in [0.2, 0.25) is 0 Å². The van der Waals surface area contributed by atoms with Crippen molar-refractivity contribution in [2.45, 2.75) is 12.3 Å². The zero-order valence-corrected chi connectivity index (χ0v) is 20.8. The summed E-state index contributed by atoms with van der Waals surface area (Å²) < 4.78 is 13.8. The van der Waals surface area contributed by atoms with Crippen LogP contribution in [-0.2, 0) is 11.2 Å². The molecule has 6 rings (SSSR count). The van der Waals surface area contributed by atoms with E-state index in [1.165, 1.54) is 0 Å². The maximum absolute atomic E-state index is 13.4. The van der Waals surface area contributed by atoms with Crippen LogP contribution < -0.4 is 9.47 Å². The zero-order valence-electron chi connectivity index (χ0n) is 20.8. The second kappa shape index (κ2) is 9.47.